The first kappa shape index (κ1) is 44.3. The molecular formula is C59H52CuN4O2. The molecule has 5 aromatic carbocycles. The summed E-state index contributed by atoms with van der Waals surface area (Å²) < 4.78 is 11.7. The van der Waals surface area contributed by atoms with Crippen LogP contribution in [0.5, 0.6) is 11.5 Å². The van der Waals surface area contributed by atoms with Gasteiger partial charge in [-0.15, -0.1) is 22.1 Å². The third-order valence-electron chi connectivity index (χ3n) is 13.1. The third kappa shape index (κ3) is 7.46. The Kier molecular flexibility index (Phi) is 11.5. The molecule has 7 heteroatoms. The number of ether oxygens (including phenoxy) is 2. The number of nitrogens with zero attached hydrogens (tertiary/aromatic N) is 4. The van der Waals surface area contributed by atoms with Gasteiger partial charge in [0.1, 0.15) is 11.5 Å². The van der Waals surface area contributed by atoms with Gasteiger partial charge in [0.25, 0.3) is 0 Å². The van der Waals surface area contributed by atoms with Crippen LogP contribution in [0.4, 0.5) is 0 Å². The van der Waals surface area contributed by atoms with Crippen molar-refractivity contribution in [2.24, 2.45) is 0 Å². The molecule has 3 aromatic heterocycles. The van der Waals surface area contributed by atoms with Crippen LogP contribution in [0, 0.1) is 62.3 Å². The zero-order chi connectivity index (χ0) is 45.4. The minimum absolute atomic E-state index is 0. The molecule has 66 heavy (non-hydrogen) atoms. The van der Waals surface area contributed by atoms with Gasteiger partial charge >= 0.3 is 17.1 Å². The van der Waals surface area contributed by atoms with Crippen LogP contribution in [0.3, 0.4) is 0 Å². The fourth-order valence-corrected chi connectivity index (χ4v) is 10.7. The van der Waals surface area contributed by atoms with E-state index in [2.05, 4.69) is 165 Å². The van der Waals surface area contributed by atoms with Gasteiger partial charge in [-0.3, -0.25) is 0 Å². The van der Waals surface area contributed by atoms with Gasteiger partial charge in [0.2, 0.25) is 0 Å². The van der Waals surface area contributed by atoms with E-state index in [4.69, 9.17) is 29.4 Å². The minimum Gasteiger partial charge on any atom is -0.657 e. The van der Waals surface area contributed by atoms with Gasteiger partial charge in [0, 0.05) is 5.39 Å². The number of benzene rings is 5. The summed E-state index contributed by atoms with van der Waals surface area (Å²) in [4.78, 5) is 22.5. The Labute approximate surface area is 398 Å². The van der Waals surface area contributed by atoms with Crippen LogP contribution < -0.4 is 19.4 Å². The monoisotopic (exact) mass is 911 g/mol. The summed E-state index contributed by atoms with van der Waals surface area (Å²) in [5.41, 5.74) is 25.6. The zero-order valence-electron chi connectivity index (χ0n) is 39.4. The number of methoxy groups -OCH3 is 2. The number of hydrogen-bond acceptors (Lipinski definition) is 4. The average molecular weight is 913 g/mol. The van der Waals surface area contributed by atoms with Crippen LogP contribution in [0.2, 0.25) is 0 Å². The predicted octanol–water partition coefficient (Wildman–Crippen LogP) is 14.5. The normalized spacial score (nSPS) is 11.9. The summed E-state index contributed by atoms with van der Waals surface area (Å²) in [6.45, 7) is 19.6. The fourth-order valence-electron chi connectivity index (χ4n) is 10.7. The first-order valence-corrected chi connectivity index (χ1v) is 22.3. The molecule has 1 radical (unpaired) electrons. The summed E-state index contributed by atoms with van der Waals surface area (Å²) in [7, 11) is 3.41. The molecule has 8 aromatic rings. The average Bonchev–Trinajstić information content (AvgIpc) is 4.11. The second kappa shape index (κ2) is 17.1. The summed E-state index contributed by atoms with van der Waals surface area (Å²) in [5, 5.41) is 1.94. The van der Waals surface area contributed by atoms with E-state index in [1.807, 2.05) is 12.1 Å². The maximum absolute atomic E-state index is 5.92. The van der Waals surface area contributed by atoms with Crippen LogP contribution in [-0.2, 0) is 17.1 Å². The van der Waals surface area contributed by atoms with Crippen molar-refractivity contribution in [2.75, 3.05) is 14.2 Å². The standard InChI is InChI=1S/C59H52N4O2.Cu/c1-31-24-34(4)53(35(5)25-31)57-46-17-15-44(60-46)56(42-14-23-52(65-11)41-13-12-40(64-10)30-43(41)42)45-16-18-47(61-45)58(54-36(6)26-32(2)27-37(54)7)49-20-22-51(63-49)59(50-21-19-48(57)62-50)55-38(8)28-33(3)29-39(55)9;/h12-30H,1-11H3;/q-2;+2. The smallest absolute Gasteiger partial charge is 0.657 e. The van der Waals surface area contributed by atoms with Crippen molar-refractivity contribution in [2.45, 2.75) is 62.3 Å². The first-order chi connectivity index (χ1) is 31.3. The molecule has 5 heterocycles. The molecule has 0 fully saturated rings. The number of rotatable bonds is 6. The van der Waals surface area contributed by atoms with Crippen LogP contribution in [0.25, 0.3) is 102 Å². The molecule has 0 spiro atoms. The molecule has 10 rings (SSSR count). The Morgan fingerprint density at radius 2 is 0.727 bits per heavy atom. The number of hydrogen-bond donors (Lipinski definition) is 0. The molecule has 2 aliphatic heterocycles. The van der Waals surface area contributed by atoms with E-state index < -0.39 is 0 Å². The molecule has 331 valence electrons. The molecule has 0 atom stereocenters. The van der Waals surface area contributed by atoms with Gasteiger partial charge in [0.05, 0.1) is 37.0 Å². The van der Waals surface area contributed by atoms with E-state index in [1.54, 1.807) is 14.2 Å². The van der Waals surface area contributed by atoms with Crippen molar-refractivity contribution in [1.29, 1.82) is 0 Å². The zero-order valence-corrected chi connectivity index (χ0v) is 40.3. The number of aryl methyl sites for hydroxylation is 9. The fraction of sp³-hybridized carbons (Fsp3) is 0.186. The Bertz CT molecular complexity index is 3440. The first-order valence-electron chi connectivity index (χ1n) is 22.3. The van der Waals surface area contributed by atoms with Gasteiger partial charge in [-0.25, -0.2) is 9.97 Å². The quantitative estimate of drug-likeness (QED) is 0.155. The molecule has 0 amide bonds. The van der Waals surface area contributed by atoms with Gasteiger partial charge in [-0.05, 0) is 194 Å². The van der Waals surface area contributed by atoms with Crippen LogP contribution in [0.1, 0.15) is 72.8 Å². The number of fused-ring (bicyclic) bond motifs is 9. The molecule has 0 saturated carbocycles. The van der Waals surface area contributed by atoms with Gasteiger partial charge < -0.3 is 19.4 Å². The van der Waals surface area contributed by atoms with E-state index in [0.717, 1.165) is 112 Å². The van der Waals surface area contributed by atoms with Gasteiger partial charge in [-0.1, -0.05) is 83.4 Å². The maximum Gasteiger partial charge on any atom is 2.00 e. The van der Waals surface area contributed by atoms with Gasteiger partial charge in [0.15, 0.2) is 0 Å². The third-order valence-corrected chi connectivity index (χ3v) is 13.1. The maximum atomic E-state index is 5.92. The van der Waals surface area contributed by atoms with Crippen molar-refractivity contribution in [3.05, 3.63) is 164 Å². The Morgan fingerprint density at radius 1 is 0.364 bits per heavy atom. The summed E-state index contributed by atoms with van der Waals surface area (Å²) in [6, 6.07) is 32.4. The molecule has 0 unspecified atom stereocenters. The summed E-state index contributed by atoms with van der Waals surface area (Å²) >= 11 is 0. The van der Waals surface area contributed by atoms with Crippen LogP contribution in [0.15, 0.2) is 91.0 Å². The minimum atomic E-state index is 0. The molecule has 6 nitrogen and oxygen atoms in total. The Hall–Kier alpha value is -6.92. The summed E-state index contributed by atoms with van der Waals surface area (Å²) in [5.74, 6) is 1.52. The van der Waals surface area contributed by atoms with Crippen molar-refractivity contribution < 1.29 is 26.5 Å². The van der Waals surface area contributed by atoms with E-state index in [9.17, 15) is 0 Å². The topological polar surface area (TPSA) is 72.4 Å². The second-order valence-electron chi connectivity index (χ2n) is 17.9. The van der Waals surface area contributed by atoms with Crippen LogP contribution in [-0.4, -0.2) is 24.2 Å². The van der Waals surface area contributed by atoms with Crippen molar-refractivity contribution in [1.82, 2.24) is 19.9 Å². The van der Waals surface area contributed by atoms with Crippen LogP contribution >= 0.6 is 0 Å². The molecule has 8 bridgehead atoms. The summed E-state index contributed by atoms with van der Waals surface area (Å²) in [6.07, 6.45) is 8.60. The molecular weight excluding hydrogens is 860 g/mol. The Balaban J connectivity index is 0.00000548. The molecule has 0 aliphatic carbocycles. The predicted molar refractivity (Wildman–Crippen MR) is 272 cm³/mol. The molecule has 0 saturated heterocycles. The molecule has 0 N–H and O–H groups in total. The SMILES string of the molecule is COc1ccc2c(OC)ccc(-c3c4nc(c(-c5c(C)cc(C)cc5C)c5ccc([n-]5)c(-c5c(C)cc(C)cc5C)c5nc(c(-c6c(C)cc(C)cc6C)c6ccc3[n-]6)C=C5)C=C4)c2c1.[Cu+2]. The van der Waals surface area contributed by atoms with Crippen molar-refractivity contribution >= 4 is 57.1 Å². The van der Waals surface area contributed by atoms with Crippen molar-refractivity contribution in [3.63, 3.8) is 0 Å². The van der Waals surface area contributed by atoms with E-state index in [1.165, 1.54) is 50.1 Å². The Morgan fingerprint density at radius 3 is 1.09 bits per heavy atom. The largest absolute Gasteiger partial charge is 2.00 e. The van der Waals surface area contributed by atoms with E-state index in [-0.39, 0.29) is 17.1 Å². The van der Waals surface area contributed by atoms with Crippen molar-refractivity contribution in [3.8, 4) is 56.0 Å². The van der Waals surface area contributed by atoms with E-state index in [0.29, 0.717) is 0 Å². The van der Waals surface area contributed by atoms with Gasteiger partial charge in [-0.2, -0.15) is 0 Å². The second-order valence-corrected chi connectivity index (χ2v) is 17.9. The number of aromatic nitrogens is 4. The molecule has 2 aliphatic rings. The van der Waals surface area contributed by atoms with E-state index >= 15 is 0 Å².